The molecule has 0 spiro atoms. The number of carbonyl (C=O) groups is 2. The van der Waals surface area contributed by atoms with Crippen molar-refractivity contribution in [1.82, 2.24) is 4.90 Å². The third kappa shape index (κ3) is 5.13. The number of hydrogen-bond acceptors (Lipinski definition) is 5. The minimum Gasteiger partial charge on any atom is -0.459 e. The first-order valence-electron chi connectivity index (χ1n) is 7.45. The van der Waals surface area contributed by atoms with Crippen LogP contribution in [0.5, 0.6) is 0 Å². The van der Waals surface area contributed by atoms with Gasteiger partial charge in [-0.25, -0.2) is 4.79 Å². The highest BCUT2D eigenvalue weighted by Gasteiger charge is 2.14. The summed E-state index contributed by atoms with van der Waals surface area (Å²) in [5, 5.41) is 2.82. The van der Waals surface area contributed by atoms with Crippen molar-refractivity contribution in [3.05, 3.63) is 29.8 Å². The van der Waals surface area contributed by atoms with Gasteiger partial charge in [-0.3, -0.25) is 9.69 Å². The minimum atomic E-state index is -0.360. The van der Waals surface area contributed by atoms with Crippen LogP contribution in [0.3, 0.4) is 0 Å². The van der Waals surface area contributed by atoms with Crippen LogP contribution in [-0.2, 0) is 14.3 Å². The fourth-order valence-electron chi connectivity index (χ4n) is 2.13. The molecule has 6 nitrogen and oxygen atoms in total. The maximum absolute atomic E-state index is 12.0. The Morgan fingerprint density at radius 1 is 1.23 bits per heavy atom. The standard InChI is InChI=1S/C16H22N2O4/c1-12(2)22-16(20)13-3-5-14(6-4-13)17-15(19)11-18-7-9-21-10-8-18/h3-6,12H,7-11H2,1-2H3,(H,17,19). The van der Waals surface area contributed by atoms with Gasteiger partial charge in [-0.1, -0.05) is 0 Å². The van der Waals surface area contributed by atoms with Gasteiger partial charge in [0.15, 0.2) is 0 Å². The average molecular weight is 306 g/mol. The maximum Gasteiger partial charge on any atom is 0.338 e. The first kappa shape index (κ1) is 16.5. The number of morpholine rings is 1. The van der Waals surface area contributed by atoms with E-state index in [1.165, 1.54) is 0 Å². The molecular weight excluding hydrogens is 284 g/mol. The fourth-order valence-corrected chi connectivity index (χ4v) is 2.13. The molecule has 1 heterocycles. The van der Waals surface area contributed by atoms with E-state index < -0.39 is 0 Å². The topological polar surface area (TPSA) is 67.9 Å². The highest BCUT2D eigenvalue weighted by molar-refractivity contribution is 5.94. The Bertz CT molecular complexity index is 507. The van der Waals surface area contributed by atoms with E-state index in [9.17, 15) is 9.59 Å². The second-order valence-electron chi connectivity index (χ2n) is 5.47. The van der Waals surface area contributed by atoms with Gasteiger partial charge in [0.25, 0.3) is 0 Å². The summed E-state index contributed by atoms with van der Waals surface area (Å²) in [7, 11) is 0. The molecule has 1 amide bonds. The number of benzene rings is 1. The van der Waals surface area contributed by atoms with E-state index in [0.29, 0.717) is 31.0 Å². The van der Waals surface area contributed by atoms with Crippen molar-refractivity contribution in [2.45, 2.75) is 20.0 Å². The van der Waals surface area contributed by atoms with Crippen LogP contribution in [0.4, 0.5) is 5.69 Å². The Hall–Kier alpha value is -1.92. The molecule has 6 heteroatoms. The first-order chi connectivity index (χ1) is 10.5. The molecule has 2 rings (SSSR count). The number of amides is 1. The number of esters is 1. The molecule has 0 bridgehead atoms. The lowest BCUT2D eigenvalue weighted by Gasteiger charge is -2.25. The molecule has 1 aliphatic heterocycles. The quantitative estimate of drug-likeness (QED) is 0.836. The molecule has 1 saturated heterocycles. The first-order valence-corrected chi connectivity index (χ1v) is 7.45. The van der Waals surface area contributed by atoms with Crippen LogP contribution < -0.4 is 5.32 Å². The molecule has 1 aromatic rings. The second kappa shape index (κ2) is 7.91. The summed E-state index contributed by atoms with van der Waals surface area (Å²) in [6, 6.07) is 6.70. The largest absolute Gasteiger partial charge is 0.459 e. The zero-order chi connectivity index (χ0) is 15.9. The molecule has 1 aliphatic rings. The number of carbonyl (C=O) groups excluding carboxylic acids is 2. The van der Waals surface area contributed by atoms with Crippen LogP contribution in [0.15, 0.2) is 24.3 Å². The summed E-state index contributed by atoms with van der Waals surface area (Å²) in [5.74, 6) is -0.430. The van der Waals surface area contributed by atoms with E-state index in [-0.39, 0.29) is 18.0 Å². The number of anilines is 1. The van der Waals surface area contributed by atoms with E-state index in [1.54, 1.807) is 38.1 Å². The van der Waals surface area contributed by atoms with Crippen LogP contribution in [0.25, 0.3) is 0 Å². The Morgan fingerprint density at radius 2 is 1.86 bits per heavy atom. The van der Waals surface area contributed by atoms with Gasteiger partial charge in [-0.2, -0.15) is 0 Å². The smallest absolute Gasteiger partial charge is 0.338 e. The molecule has 1 aromatic carbocycles. The molecule has 120 valence electrons. The number of nitrogens with zero attached hydrogens (tertiary/aromatic N) is 1. The molecule has 0 aliphatic carbocycles. The third-order valence-electron chi connectivity index (χ3n) is 3.22. The zero-order valence-corrected chi connectivity index (χ0v) is 13.0. The zero-order valence-electron chi connectivity index (χ0n) is 13.0. The molecule has 0 saturated carbocycles. The van der Waals surface area contributed by atoms with Crippen molar-refractivity contribution in [3.8, 4) is 0 Å². The van der Waals surface area contributed by atoms with Crippen molar-refractivity contribution >= 4 is 17.6 Å². The summed E-state index contributed by atoms with van der Waals surface area (Å²) in [6.45, 7) is 6.83. The van der Waals surface area contributed by atoms with Gasteiger partial charge in [-0.05, 0) is 38.1 Å². The molecule has 1 fully saturated rings. The fraction of sp³-hybridized carbons (Fsp3) is 0.500. The Labute approximate surface area is 130 Å². The van der Waals surface area contributed by atoms with Gasteiger partial charge >= 0.3 is 5.97 Å². The van der Waals surface area contributed by atoms with Crippen LogP contribution in [0, 0.1) is 0 Å². The van der Waals surface area contributed by atoms with Crippen molar-refractivity contribution in [3.63, 3.8) is 0 Å². The summed E-state index contributed by atoms with van der Waals surface area (Å²) in [5.41, 5.74) is 1.14. The highest BCUT2D eigenvalue weighted by Crippen LogP contribution is 2.11. The monoisotopic (exact) mass is 306 g/mol. The summed E-state index contributed by atoms with van der Waals surface area (Å²) in [4.78, 5) is 25.7. The lowest BCUT2D eigenvalue weighted by atomic mass is 10.2. The maximum atomic E-state index is 12.0. The second-order valence-corrected chi connectivity index (χ2v) is 5.47. The van der Waals surface area contributed by atoms with Crippen LogP contribution >= 0.6 is 0 Å². The Kier molecular flexibility index (Phi) is 5.91. The van der Waals surface area contributed by atoms with E-state index in [4.69, 9.17) is 9.47 Å². The third-order valence-corrected chi connectivity index (χ3v) is 3.22. The van der Waals surface area contributed by atoms with Crippen LogP contribution in [-0.4, -0.2) is 55.7 Å². The summed E-state index contributed by atoms with van der Waals surface area (Å²) >= 11 is 0. The minimum absolute atomic E-state index is 0.0700. The molecule has 0 atom stereocenters. The van der Waals surface area contributed by atoms with Crippen molar-refractivity contribution < 1.29 is 19.1 Å². The molecule has 0 aromatic heterocycles. The van der Waals surface area contributed by atoms with E-state index >= 15 is 0 Å². The van der Waals surface area contributed by atoms with Crippen molar-refractivity contribution in [1.29, 1.82) is 0 Å². The summed E-state index contributed by atoms with van der Waals surface area (Å²) in [6.07, 6.45) is -0.152. The molecule has 1 N–H and O–H groups in total. The predicted octanol–water partition coefficient (Wildman–Crippen LogP) is 1.52. The van der Waals surface area contributed by atoms with Crippen molar-refractivity contribution in [2.75, 3.05) is 38.2 Å². The lowest BCUT2D eigenvalue weighted by Crippen LogP contribution is -2.41. The molecule has 22 heavy (non-hydrogen) atoms. The van der Waals surface area contributed by atoms with Gasteiger partial charge in [0.2, 0.25) is 5.91 Å². The highest BCUT2D eigenvalue weighted by atomic mass is 16.5. The predicted molar refractivity (Wildman–Crippen MR) is 82.9 cm³/mol. The van der Waals surface area contributed by atoms with Gasteiger partial charge in [-0.15, -0.1) is 0 Å². The SMILES string of the molecule is CC(C)OC(=O)c1ccc(NC(=O)CN2CCOCC2)cc1. The van der Waals surface area contributed by atoms with Crippen LogP contribution in [0.2, 0.25) is 0 Å². The molecule has 0 radical (unpaired) electrons. The number of hydrogen-bond donors (Lipinski definition) is 1. The van der Waals surface area contributed by atoms with E-state index in [1.807, 2.05) is 4.90 Å². The van der Waals surface area contributed by atoms with E-state index in [2.05, 4.69) is 5.32 Å². The molecule has 0 unspecified atom stereocenters. The van der Waals surface area contributed by atoms with Gasteiger partial charge in [0.05, 0.1) is 31.4 Å². The van der Waals surface area contributed by atoms with Gasteiger partial charge in [0.1, 0.15) is 0 Å². The van der Waals surface area contributed by atoms with Crippen molar-refractivity contribution in [2.24, 2.45) is 0 Å². The van der Waals surface area contributed by atoms with Gasteiger partial charge in [0, 0.05) is 18.8 Å². The molecular formula is C16H22N2O4. The van der Waals surface area contributed by atoms with E-state index in [0.717, 1.165) is 13.1 Å². The number of rotatable bonds is 5. The number of nitrogens with one attached hydrogen (secondary N) is 1. The Balaban J connectivity index is 1.85. The van der Waals surface area contributed by atoms with Gasteiger partial charge < -0.3 is 14.8 Å². The summed E-state index contributed by atoms with van der Waals surface area (Å²) < 4.78 is 10.4. The number of ether oxygens (including phenoxy) is 2. The lowest BCUT2D eigenvalue weighted by molar-refractivity contribution is -0.118. The normalized spacial score (nSPS) is 15.6. The Morgan fingerprint density at radius 3 is 2.45 bits per heavy atom. The van der Waals surface area contributed by atoms with Crippen LogP contribution in [0.1, 0.15) is 24.2 Å². The average Bonchev–Trinajstić information content (AvgIpc) is 2.48.